The molecule has 5 nitrogen and oxygen atoms in total. The minimum absolute atomic E-state index is 0.178. The van der Waals surface area contributed by atoms with E-state index < -0.39 is 5.91 Å². The van der Waals surface area contributed by atoms with E-state index in [1.54, 1.807) is 0 Å². The zero-order valence-corrected chi connectivity index (χ0v) is 13.3. The van der Waals surface area contributed by atoms with Gasteiger partial charge in [0.15, 0.2) is 10.8 Å². The number of hydrogen-bond donors (Lipinski definition) is 2. The molecule has 2 aromatic carbocycles. The number of nitrogens with one attached hydrogen (secondary N) is 1. The van der Waals surface area contributed by atoms with Crippen molar-refractivity contribution in [3.63, 3.8) is 0 Å². The van der Waals surface area contributed by atoms with E-state index in [1.165, 1.54) is 11.8 Å². The highest BCUT2D eigenvalue weighted by Crippen LogP contribution is 2.34. The van der Waals surface area contributed by atoms with Gasteiger partial charge in [0.2, 0.25) is 5.89 Å². The van der Waals surface area contributed by atoms with Crippen LogP contribution in [0.5, 0.6) is 0 Å². The first-order valence-electron chi connectivity index (χ1n) is 6.99. The molecule has 3 rings (SSSR count). The Morgan fingerprint density at radius 1 is 1.13 bits per heavy atom. The molecule has 6 heteroatoms. The smallest absolute Gasteiger partial charge is 0.288 e. The summed E-state index contributed by atoms with van der Waals surface area (Å²) in [5.74, 6) is 5.15. The van der Waals surface area contributed by atoms with Crippen LogP contribution >= 0.6 is 11.8 Å². The number of nitrogens with zero attached hydrogens (tertiary/aromatic N) is 1. The molecule has 0 spiro atoms. The Morgan fingerprint density at radius 3 is 2.48 bits per heavy atom. The van der Waals surface area contributed by atoms with Gasteiger partial charge in [0.05, 0.1) is 0 Å². The van der Waals surface area contributed by atoms with E-state index in [1.807, 2.05) is 61.5 Å². The number of nitrogens with two attached hydrogens (primary N) is 1. The monoisotopic (exact) mass is 325 g/mol. The number of aryl methyl sites for hydroxylation is 1. The molecule has 0 saturated heterocycles. The molecular weight excluding hydrogens is 310 g/mol. The molecular formula is C17H15N3O2S. The number of amides is 1. The largest absolute Gasteiger partial charge is 0.429 e. The molecule has 0 radical (unpaired) electrons. The lowest BCUT2D eigenvalue weighted by Crippen LogP contribution is -2.30. The fraction of sp³-hybridized carbons (Fsp3) is 0.0588. The van der Waals surface area contributed by atoms with Gasteiger partial charge in [-0.3, -0.25) is 10.2 Å². The molecule has 3 aromatic rings. The summed E-state index contributed by atoms with van der Waals surface area (Å²) in [4.78, 5) is 17.2. The van der Waals surface area contributed by atoms with E-state index in [-0.39, 0.29) is 5.69 Å². The second-order valence-electron chi connectivity index (χ2n) is 4.91. The van der Waals surface area contributed by atoms with E-state index in [4.69, 9.17) is 10.3 Å². The van der Waals surface area contributed by atoms with Crippen LogP contribution in [-0.4, -0.2) is 10.9 Å². The molecule has 0 atom stereocenters. The molecule has 3 N–H and O–H groups in total. The summed E-state index contributed by atoms with van der Waals surface area (Å²) in [7, 11) is 0. The van der Waals surface area contributed by atoms with Crippen molar-refractivity contribution in [1.82, 2.24) is 10.4 Å². The van der Waals surface area contributed by atoms with Gasteiger partial charge in [-0.1, -0.05) is 35.9 Å². The van der Waals surface area contributed by atoms with Crippen molar-refractivity contribution in [3.8, 4) is 11.5 Å². The molecule has 1 amide bonds. The Bertz CT molecular complexity index is 814. The second kappa shape index (κ2) is 6.68. The maximum absolute atomic E-state index is 12.0. The van der Waals surface area contributed by atoms with Crippen LogP contribution in [0.4, 0.5) is 0 Å². The summed E-state index contributed by atoms with van der Waals surface area (Å²) < 4.78 is 5.79. The molecule has 0 aliphatic heterocycles. The van der Waals surface area contributed by atoms with Gasteiger partial charge < -0.3 is 4.42 Å². The summed E-state index contributed by atoms with van der Waals surface area (Å²) in [5.41, 5.74) is 4.25. The highest BCUT2D eigenvalue weighted by atomic mass is 32.2. The number of benzene rings is 2. The minimum atomic E-state index is -0.481. The van der Waals surface area contributed by atoms with Crippen molar-refractivity contribution in [2.75, 3.05) is 0 Å². The van der Waals surface area contributed by atoms with E-state index in [2.05, 4.69) is 10.4 Å². The zero-order valence-electron chi connectivity index (χ0n) is 12.4. The normalized spacial score (nSPS) is 10.5. The first kappa shape index (κ1) is 15.3. The van der Waals surface area contributed by atoms with Crippen LogP contribution in [0.1, 0.15) is 16.1 Å². The number of hydrogen-bond acceptors (Lipinski definition) is 5. The topological polar surface area (TPSA) is 81.2 Å². The third-order valence-corrected chi connectivity index (χ3v) is 4.16. The number of nitrogen functional groups attached to an aromatic ring is 1. The first-order valence-corrected chi connectivity index (χ1v) is 7.81. The Kier molecular flexibility index (Phi) is 4.45. The fourth-order valence-electron chi connectivity index (χ4n) is 2.00. The van der Waals surface area contributed by atoms with Gasteiger partial charge in [0.1, 0.15) is 0 Å². The van der Waals surface area contributed by atoms with E-state index in [0.717, 1.165) is 16.0 Å². The molecule has 23 heavy (non-hydrogen) atoms. The summed E-state index contributed by atoms with van der Waals surface area (Å²) >= 11 is 1.34. The quantitative estimate of drug-likeness (QED) is 0.436. The molecule has 116 valence electrons. The summed E-state index contributed by atoms with van der Waals surface area (Å²) in [6.07, 6.45) is 0. The fourth-order valence-corrected chi connectivity index (χ4v) is 2.85. The average Bonchev–Trinajstić information content (AvgIpc) is 3.01. The van der Waals surface area contributed by atoms with Crippen LogP contribution < -0.4 is 11.3 Å². The predicted octanol–water partition coefficient (Wildman–Crippen LogP) is 3.40. The van der Waals surface area contributed by atoms with Gasteiger partial charge in [0.25, 0.3) is 5.91 Å². The lowest BCUT2D eigenvalue weighted by Gasteiger charge is -2.00. The second-order valence-corrected chi connectivity index (χ2v) is 5.96. The lowest BCUT2D eigenvalue weighted by atomic mass is 10.2. The van der Waals surface area contributed by atoms with Crippen LogP contribution in [0, 0.1) is 6.92 Å². The van der Waals surface area contributed by atoms with Crippen molar-refractivity contribution in [2.24, 2.45) is 5.84 Å². The van der Waals surface area contributed by atoms with Crippen molar-refractivity contribution >= 4 is 17.7 Å². The number of aromatic nitrogens is 1. The molecule has 1 heterocycles. The highest BCUT2D eigenvalue weighted by Gasteiger charge is 2.21. The summed E-state index contributed by atoms with van der Waals surface area (Å²) in [6.45, 7) is 2.02. The van der Waals surface area contributed by atoms with Crippen LogP contribution in [0.3, 0.4) is 0 Å². The number of carbonyl (C=O) groups is 1. The number of carbonyl (C=O) groups excluding carboxylic acids is 1. The maximum Gasteiger partial charge on any atom is 0.288 e. The van der Waals surface area contributed by atoms with Gasteiger partial charge >= 0.3 is 0 Å². The van der Waals surface area contributed by atoms with E-state index in [0.29, 0.717) is 11.0 Å². The molecule has 0 unspecified atom stereocenters. The molecule has 1 aromatic heterocycles. The Morgan fingerprint density at radius 2 is 1.83 bits per heavy atom. The summed E-state index contributed by atoms with van der Waals surface area (Å²) in [5, 5.41) is 0.413. The predicted molar refractivity (Wildman–Crippen MR) is 88.9 cm³/mol. The molecule has 0 saturated carbocycles. The Hall–Kier alpha value is -2.57. The van der Waals surface area contributed by atoms with Crippen LogP contribution in [0.2, 0.25) is 0 Å². The van der Waals surface area contributed by atoms with E-state index >= 15 is 0 Å². The average molecular weight is 325 g/mol. The zero-order chi connectivity index (χ0) is 16.2. The number of oxazole rings is 1. The third kappa shape index (κ3) is 3.44. The minimum Gasteiger partial charge on any atom is -0.429 e. The van der Waals surface area contributed by atoms with Crippen LogP contribution in [0.15, 0.2) is 69.0 Å². The first-order chi connectivity index (χ1) is 11.2. The molecule has 0 bridgehead atoms. The Labute approximate surface area is 137 Å². The van der Waals surface area contributed by atoms with Gasteiger partial charge in [0, 0.05) is 10.5 Å². The van der Waals surface area contributed by atoms with Gasteiger partial charge in [-0.25, -0.2) is 10.8 Å². The van der Waals surface area contributed by atoms with Gasteiger partial charge in [-0.15, -0.1) is 0 Å². The maximum atomic E-state index is 12.0. The lowest BCUT2D eigenvalue weighted by molar-refractivity contribution is 0.0944. The van der Waals surface area contributed by atoms with Crippen LogP contribution in [-0.2, 0) is 0 Å². The third-order valence-electron chi connectivity index (χ3n) is 3.19. The van der Waals surface area contributed by atoms with Gasteiger partial charge in [-0.05, 0) is 43.0 Å². The van der Waals surface area contributed by atoms with Crippen molar-refractivity contribution in [2.45, 2.75) is 16.9 Å². The van der Waals surface area contributed by atoms with Crippen molar-refractivity contribution in [1.29, 1.82) is 0 Å². The Balaban J connectivity index is 1.98. The summed E-state index contributed by atoms with van der Waals surface area (Å²) in [6, 6.07) is 17.3. The standard InChI is InChI=1S/C17H15N3O2S/c1-11-7-9-13(10-8-11)23-17-14(15(21)20-18)19-16(22-17)12-5-3-2-4-6-12/h2-10H,18H2,1H3,(H,20,21). The number of hydrazine groups is 1. The highest BCUT2D eigenvalue weighted by molar-refractivity contribution is 7.99. The molecule has 0 aliphatic rings. The number of rotatable bonds is 4. The van der Waals surface area contributed by atoms with Crippen LogP contribution in [0.25, 0.3) is 11.5 Å². The SMILES string of the molecule is Cc1ccc(Sc2oc(-c3ccccc3)nc2C(=O)NN)cc1. The van der Waals surface area contributed by atoms with Crippen molar-refractivity contribution in [3.05, 3.63) is 65.9 Å². The molecule has 0 aliphatic carbocycles. The molecule has 0 fully saturated rings. The van der Waals surface area contributed by atoms with Crippen molar-refractivity contribution < 1.29 is 9.21 Å². The van der Waals surface area contributed by atoms with Gasteiger partial charge in [-0.2, -0.15) is 0 Å². The van der Waals surface area contributed by atoms with E-state index in [9.17, 15) is 4.79 Å².